The summed E-state index contributed by atoms with van der Waals surface area (Å²) in [6.45, 7) is 0. The van der Waals surface area contributed by atoms with Crippen LogP contribution in [-0.2, 0) is 24.0 Å². The summed E-state index contributed by atoms with van der Waals surface area (Å²) in [4.78, 5) is 57.9. The molecule has 0 bridgehead atoms. The van der Waals surface area contributed by atoms with Gasteiger partial charge in [0.2, 0.25) is 23.6 Å². The van der Waals surface area contributed by atoms with Crippen molar-refractivity contribution in [1.29, 1.82) is 0 Å². The number of carbonyl (C=O) groups is 5. The number of hydrogen-bond acceptors (Lipinski definition) is 7. The maximum absolute atomic E-state index is 12.0. The molecule has 9 nitrogen and oxygen atoms in total. The van der Waals surface area contributed by atoms with Crippen molar-refractivity contribution in [3.05, 3.63) is 34.2 Å². The summed E-state index contributed by atoms with van der Waals surface area (Å²) >= 11 is 3.16. The van der Waals surface area contributed by atoms with Gasteiger partial charge in [-0.1, -0.05) is 6.07 Å². The number of carboxylic acids is 1. The van der Waals surface area contributed by atoms with Crippen LogP contribution in [0, 0.1) is 5.92 Å². The van der Waals surface area contributed by atoms with Gasteiger partial charge in [0.1, 0.15) is 11.6 Å². The molecule has 154 valence electrons. The SMILES string of the molecule is CNC(=O)CC1CC(=O)NC1=O.O=C(O)C1=CCS[C@H]2C(c3cccs3)C(=O)N12. The summed E-state index contributed by atoms with van der Waals surface area (Å²) in [5, 5.41) is 15.5. The molecule has 2 fully saturated rings. The molecule has 4 amide bonds. The first-order valence-corrected chi connectivity index (χ1v) is 10.7. The number of thioether (sulfide) groups is 1. The van der Waals surface area contributed by atoms with E-state index in [0.717, 1.165) is 4.88 Å². The second kappa shape index (κ2) is 8.78. The summed E-state index contributed by atoms with van der Waals surface area (Å²) in [6, 6.07) is 3.85. The number of carboxylic acid groups (broad SMARTS) is 1. The number of aliphatic carboxylic acids is 1. The van der Waals surface area contributed by atoms with Gasteiger partial charge in [-0.05, 0) is 17.5 Å². The number of nitrogens with zero attached hydrogens (tertiary/aromatic N) is 1. The van der Waals surface area contributed by atoms with Gasteiger partial charge in [0.05, 0.1) is 11.3 Å². The topological polar surface area (TPSA) is 133 Å². The molecule has 3 atom stereocenters. The van der Waals surface area contributed by atoms with Crippen LogP contribution in [0.2, 0.25) is 0 Å². The molecule has 0 spiro atoms. The molecule has 11 heteroatoms. The Labute approximate surface area is 174 Å². The third-order valence-electron chi connectivity index (χ3n) is 4.69. The lowest BCUT2D eigenvalue weighted by atomic mass is 9.95. The van der Waals surface area contributed by atoms with Gasteiger partial charge >= 0.3 is 5.97 Å². The van der Waals surface area contributed by atoms with E-state index in [9.17, 15) is 24.0 Å². The van der Waals surface area contributed by atoms with E-state index >= 15 is 0 Å². The molecule has 3 aliphatic rings. The van der Waals surface area contributed by atoms with E-state index in [1.165, 1.54) is 11.9 Å². The van der Waals surface area contributed by atoms with Crippen molar-refractivity contribution in [2.45, 2.75) is 24.1 Å². The third-order valence-corrected chi connectivity index (χ3v) is 6.83. The maximum Gasteiger partial charge on any atom is 0.352 e. The quantitative estimate of drug-likeness (QED) is 0.461. The van der Waals surface area contributed by atoms with Crippen molar-refractivity contribution < 1.29 is 29.1 Å². The molecule has 0 saturated carbocycles. The van der Waals surface area contributed by atoms with Gasteiger partial charge in [-0.3, -0.25) is 29.4 Å². The van der Waals surface area contributed by atoms with E-state index in [-0.39, 0.29) is 53.5 Å². The molecule has 0 aliphatic carbocycles. The first kappa shape index (κ1) is 21.1. The number of rotatable bonds is 4. The second-order valence-electron chi connectivity index (χ2n) is 6.51. The van der Waals surface area contributed by atoms with Crippen molar-refractivity contribution in [1.82, 2.24) is 15.5 Å². The first-order chi connectivity index (χ1) is 13.8. The molecule has 3 aliphatic heterocycles. The summed E-state index contributed by atoms with van der Waals surface area (Å²) in [6.07, 6.45) is 1.83. The molecule has 3 N–H and O–H groups in total. The van der Waals surface area contributed by atoms with Crippen molar-refractivity contribution in [2.75, 3.05) is 12.8 Å². The number of thiophene rings is 1. The van der Waals surface area contributed by atoms with Crippen molar-refractivity contribution in [2.24, 2.45) is 5.92 Å². The van der Waals surface area contributed by atoms with Crippen molar-refractivity contribution in [3.63, 3.8) is 0 Å². The third kappa shape index (κ3) is 4.35. The Morgan fingerprint density at radius 3 is 2.66 bits per heavy atom. The smallest absolute Gasteiger partial charge is 0.352 e. The lowest BCUT2D eigenvalue weighted by Crippen LogP contribution is -2.59. The summed E-state index contributed by atoms with van der Waals surface area (Å²) in [5.41, 5.74) is 0.131. The Balaban J connectivity index is 0.000000177. The van der Waals surface area contributed by atoms with Crippen LogP contribution in [0.1, 0.15) is 23.6 Å². The van der Waals surface area contributed by atoms with E-state index in [2.05, 4.69) is 10.6 Å². The lowest BCUT2D eigenvalue weighted by Gasteiger charge is -2.48. The lowest BCUT2D eigenvalue weighted by molar-refractivity contribution is -0.148. The molecule has 0 aromatic carbocycles. The predicted octanol–water partition coefficient (Wildman–Crippen LogP) is 0.501. The molecular formula is C18H19N3O6S2. The Morgan fingerprint density at radius 2 is 2.10 bits per heavy atom. The zero-order valence-corrected chi connectivity index (χ0v) is 17.0. The zero-order valence-electron chi connectivity index (χ0n) is 15.4. The maximum atomic E-state index is 12.0. The average Bonchev–Trinajstić information content (AvgIpc) is 3.30. The van der Waals surface area contributed by atoms with Gasteiger partial charge in [0, 0.05) is 30.5 Å². The van der Waals surface area contributed by atoms with Crippen LogP contribution >= 0.6 is 23.1 Å². The number of imide groups is 1. The fraction of sp³-hybridized carbons (Fsp3) is 0.389. The number of fused-ring (bicyclic) bond motifs is 1. The minimum Gasteiger partial charge on any atom is -0.477 e. The summed E-state index contributed by atoms with van der Waals surface area (Å²) < 4.78 is 0. The van der Waals surface area contributed by atoms with Gasteiger partial charge in [-0.15, -0.1) is 23.1 Å². The molecule has 2 unspecified atom stereocenters. The molecule has 0 radical (unpaired) electrons. The monoisotopic (exact) mass is 437 g/mol. The zero-order chi connectivity index (χ0) is 21.1. The number of β-lactam (4-membered cyclic amide) rings is 1. The van der Waals surface area contributed by atoms with E-state index in [0.29, 0.717) is 5.75 Å². The van der Waals surface area contributed by atoms with Crippen LogP contribution in [0.5, 0.6) is 0 Å². The average molecular weight is 437 g/mol. The predicted molar refractivity (Wildman–Crippen MR) is 106 cm³/mol. The molecule has 2 saturated heterocycles. The highest BCUT2D eigenvalue weighted by Gasteiger charge is 2.52. The van der Waals surface area contributed by atoms with Gasteiger partial charge in [-0.2, -0.15) is 0 Å². The van der Waals surface area contributed by atoms with Crippen LogP contribution < -0.4 is 10.6 Å². The summed E-state index contributed by atoms with van der Waals surface area (Å²) in [7, 11) is 1.50. The van der Waals surface area contributed by atoms with Gasteiger partial charge in [-0.25, -0.2) is 4.79 Å². The molecule has 1 aromatic rings. The van der Waals surface area contributed by atoms with Crippen LogP contribution in [0.4, 0.5) is 0 Å². The highest BCUT2D eigenvalue weighted by atomic mass is 32.2. The van der Waals surface area contributed by atoms with Crippen LogP contribution in [0.25, 0.3) is 0 Å². The minimum atomic E-state index is -1.02. The Kier molecular flexibility index (Phi) is 6.38. The fourth-order valence-electron chi connectivity index (χ4n) is 3.23. The largest absolute Gasteiger partial charge is 0.477 e. The number of amides is 4. The first-order valence-electron chi connectivity index (χ1n) is 8.79. The molecule has 4 heterocycles. The van der Waals surface area contributed by atoms with Crippen LogP contribution in [-0.4, -0.2) is 57.8 Å². The van der Waals surface area contributed by atoms with E-state index in [1.54, 1.807) is 29.2 Å². The highest BCUT2D eigenvalue weighted by Crippen LogP contribution is 2.47. The van der Waals surface area contributed by atoms with Crippen LogP contribution in [0.15, 0.2) is 29.3 Å². The van der Waals surface area contributed by atoms with E-state index < -0.39 is 11.9 Å². The molecular weight excluding hydrogens is 418 g/mol. The number of hydrogen-bond donors (Lipinski definition) is 3. The highest BCUT2D eigenvalue weighted by molar-refractivity contribution is 8.00. The number of nitrogens with one attached hydrogen (secondary N) is 2. The fourth-order valence-corrected chi connectivity index (χ4v) is 5.44. The number of carbonyl (C=O) groups excluding carboxylic acids is 4. The molecule has 4 rings (SSSR count). The Hall–Kier alpha value is -2.66. The van der Waals surface area contributed by atoms with Crippen molar-refractivity contribution in [3.8, 4) is 0 Å². The summed E-state index contributed by atoms with van der Waals surface area (Å²) in [5.74, 6) is -1.97. The Morgan fingerprint density at radius 1 is 1.34 bits per heavy atom. The van der Waals surface area contributed by atoms with Gasteiger partial charge < -0.3 is 10.4 Å². The standard InChI is InChI=1S/C11H9NO3S2.C7H10N2O3/c13-9-8(7-2-1-4-16-7)10-12(9)6(11(14)15)3-5-17-10;1-8-5(10)2-4-3-6(11)9-7(4)12/h1-4,8,10H,5H2,(H,14,15);4H,2-3H2,1H3,(H,8,10)(H,9,11,12)/t8?,10-;/m0./s1. The van der Waals surface area contributed by atoms with Crippen molar-refractivity contribution >= 4 is 52.7 Å². The van der Waals surface area contributed by atoms with Crippen LogP contribution in [0.3, 0.4) is 0 Å². The van der Waals surface area contributed by atoms with E-state index in [1.807, 2.05) is 17.5 Å². The molecule has 29 heavy (non-hydrogen) atoms. The van der Waals surface area contributed by atoms with Gasteiger partial charge in [0.25, 0.3) is 0 Å². The van der Waals surface area contributed by atoms with E-state index in [4.69, 9.17) is 5.11 Å². The van der Waals surface area contributed by atoms with Gasteiger partial charge in [0.15, 0.2) is 0 Å². The second-order valence-corrected chi connectivity index (χ2v) is 8.64. The molecule has 1 aromatic heterocycles. The minimum absolute atomic E-state index is 0.0442. The normalized spacial score (nSPS) is 25.1. The Bertz CT molecular complexity index is 882.